The molecule has 0 aromatic heterocycles. The van der Waals surface area contributed by atoms with Crippen LogP contribution in [0, 0.1) is 0 Å². The number of nitrogens with zero attached hydrogens (tertiary/aromatic N) is 1. The molecule has 0 saturated heterocycles. The number of unbranched alkanes of at least 4 members (excludes halogenated alkanes) is 1. The number of amides is 1. The van der Waals surface area contributed by atoms with Crippen molar-refractivity contribution in [1.29, 1.82) is 0 Å². The van der Waals surface area contributed by atoms with Crippen molar-refractivity contribution >= 4 is 11.6 Å². The SMILES string of the molecule is CCCCN(CCO)Cc1ccc(NC(C)=O)cc1. The van der Waals surface area contributed by atoms with Gasteiger partial charge in [-0.2, -0.15) is 0 Å². The standard InChI is InChI=1S/C15H24N2O2/c1-3-4-9-17(10-11-18)12-14-5-7-15(8-6-14)16-13(2)19/h5-8,18H,3-4,9-12H2,1-2H3,(H,16,19). The second-order valence-corrected chi connectivity index (χ2v) is 4.73. The molecule has 4 heteroatoms. The number of hydrogen-bond donors (Lipinski definition) is 2. The molecule has 0 aliphatic carbocycles. The minimum atomic E-state index is -0.0578. The lowest BCUT2D eigenvalue weighted by atomic mass is 10.2. The van der Waals surface area contributed by atoms with E-state index in [4.69, 9.17) is 5.11 Å². The zero-order valence-corrected chi connectivity index (χ0v) is 11.9. The van der Waals surface area contributed by atoms with Crippen LogP contribution in [0.5, 0.6) is 0 Å². The van der Waals surface area contributed by atoms with Gasteiger partial charge in [-0.25, -0.2) is 0 Å². The molecule has 1 amide bonds. The third kappa shape index (κ3) is 6.36. The molecule has 1 aromatic carbocycles. The van der Waals surface area contributed by atoms with Crippen molar-refractivity contribution in [2.75, 3.05) is 25.0 Å². The van der Waals surface area contributed by atoms with Crippen LogP contribution in [0.15, 0.2) is 24.3 Å². The molecule has 2 N–H and O–H groups in total. The zero-order chi connectivity index (χ0) is 14.1. The van der Waals surface area contributed by atoms with Crippen LogP contribution in [-0.4, -0.2) is 35.6 Å². The highest BCUT2D eigenvalue weighted by atomic mass is 16.3. The quantitative estimate of drug-likeness (QED) is 0.757. The molecule has 0 atom stereocenters. The Bertz CT molecular complexity index is 376. The molecular formula is C15H24N2O2. The van der Waals surface area contributed by atoms with Gasteiger partial charge < -0.3 is 10.4 Å². The number of nitrogens with one attached hydrogen (secondary N) is 1. The monoisotopic (exact) mass is 264 g/mol. The first-order chi connectivity index (χ1) is 9.15. The van der Waals surface area contributed by atoms with Crippen LogP contribution in [0.2, 0.25) is 0 Å². The summed E-state index contributed by atoms with van der Waals surface area (Å²) < 4.78 is 0. The highest BCUT2D eigenvalue weighted by Gasteiger charge is 2.05. The summed E-state index contributed by atoms with van der Waals surface area (Å²) in [6.45, 7) is 6.40. The van der Waals surface area contributed by atoms with Gasteiger partial charge >= 0.3 is 0 Å². The summed E-state index contributed by atoms with van der Waals surface area (Å²) in [5.74, 6) is -0.0578. The lowest BCUT2D eigenvalue weighted by Gasteiger charge is -2.21. The van der Waals surface area contributed by atoms with Crippen molar-refractivity contribution in [3.63, 3.8) is 0 Å². The average Bonchev–Trinajstić information content (AvgIpc) is 2.38. The van der Waals surface area contributed by atoms with Crippen LogP contribution in [0.1, 0.15) is 32.3 Å². The molecule has 4 nitrogen and oxygen atoms in total. The Morgan fingerprint density at radius 2 is 1.95 bits per heavy atom. The lowest BCUT2D eigenvalue weighted by molar-refractivity contribution is -0.114. The van der Waals surface area contributed by atoms with Crippen LogP contribution in [0.4, 0.5) is 5.69 Å². The molecule has 0 fully saturated rings. The third-order valence-electron chi connectivity index (χ3n) is 2.92. The second-order valence-electron chi connectivity index (χ2n) is 4.73. The minimum absolute atomic E-state index is 0.0578. The minimum Gasteiger partial charge on any atom is -0.395 e. The Morgan fingerprint density at radius 3 is 2.47 bits per heavy atom. The van der Waals surface area contributed by atoms with E-state index in [1.54, 1.807) is 0 Å². The van der Waals surface area contributed by atoms with Gasteiger partial charge in [-0.15, -0.1) is 0 Å². The predicted molar refractivity (Wildman–Crippen MR) is 78.0 cm³/mol. The molecule has 0 saturated carbocycles. The fraction of sp³-hybridized carbons (Fsp3) is 0.533. The third-order valence-corrected chi connectivity index (χ3v) is 2.92. The summed E-state index contributed by atoms with van der Waals surface area (Å²) in [5.41, 5.74) is 2.01. The maximum Gasteiger partial charge on any atom is 0.221 e. The van der Waals surface area contributed by atoms with Gasteiger partial charge in [0.25, 0.3) is 0 Å². The average molecular weight is 264 g/mol. The van der Waals surface area contributed by atoms with E-state index in [-0.39, 0.29) is 12.5 Å². The first kappa shape index (κ1) is 15.7. The van der Waals surface area contributed by atoms with Gasteiger partial charge in [0.1, 0.15) is 0 Å². The van der Waals surface area contributed by atoms with Crippen molar-refractivity contribution in [2.45, 2.75) is 33.2 Å². The number of aliphatic hydroxyl groups excluding tert-OH is 1. The van der Waals surface area contributed by atoms with E-state index >= 15 is 0 Å². The van der Waals surface area contributed by atoms with E-state index < -0.39 is 0 Å². The smallest absolute Gasteiger partial charge is 0.221 e. The van der Waals surface area contributed by atoms with Gasteiger partial charge in [-0.1, -0.05) is 25.5 Å². The predicted octanol–water partition coefficient (Wildman–Crippen LogP) is 2.24. The van der Waals surface area contributed by atoms with E-state index in [2.05, 4.69) is 17.1 Å². The summed E-state index contributed by atoms with van der Waals surface area (Å²) in [6, 6.07) is 7.85. The van der Waals surface area contributed by atoms with Crippen molar-refractivity contribution in [1.82, 2.24) is 4.90 Å². The Morgan fingerprint density at radius 1 is 1.26 bits per heavy atom. The first-order valence-corrected chi connectivity index (χ1v) is 6.85. The maximum atomic E-state index is 10.9. The van der Waals surface area contributed by atoms with E-state index in [0.717, 1.165) is 31.6 Å². The molecule has 0 heterocycles. The highest BCUT2D eigenvalue weighted by molar-refractivity contribution is 5.88. The van der Waals surface area contributed by atoms with E-state index in [1.165, 1.54) is 12.5 Å². The number of aliphatic hydroxyl groups is 1. The van der Waals surface area contributed by atoms with Gasteiger partial charge in [-0.05, 0) is 30.7 Å². The summed E-state index contributed by atoms with van der Waals surface area (Å²) in [5, 5.41) is 11.8. The van der Waals surface area contributed by atoms with Gasteiger partial charge in [0.2, 0.25) is 5.91 Å². The van der Waals surface area contributed by atoms with Crippen LogP contribution in [0.25, 0.3) is 0 Å². The van der Waals surface area contributed by atoms with Crippen LogP contribution >= 0.6 is 0 Å². The van der Waals surface area contributed by atoms with Crippen molar-refractivity contribution in [3.05, 3.63) is 29.8 Å². The Kier molecular flexibility index (Phi) is 7.15. The fourth-order valence-corrected chi connectivity index (χ4v) is 1.95. The largest absolute Gasteiger partial charge is 0.395 e. The summed E-state index contributed by atoms with van der Waals surface area (Å²) >= 11 is 0. The molecule has 106 valence electrons. The van der Waals surface area contributed by atoms with Gasteiger partial charge in [0.05, 0.1) is 6.61 Å². The number of benzene rings is 1. The van der Waals surface area contributed by atoms with E-state index in [1.807, 2.05) is 24.3 Å². The molecule has 0 bridgehead atoms. The zero-order valence-electron chi connectivity index (χ0n) is 11.9. The molecule has 0 aliphatic heterocycles. The topological polar surface area (TPSA) is 52.6 Å². The normalized spacial score (nSPS) is 10.7. The van der Waals surface area contributed by atoms with E-state index in [0.29, 0.717) is 6.54 Å². The first-order valence-electron chi connectivity index (χ1n) is 6.85. The van der Waals surface area contributed by atoms with Crippen LogP contribution in [-0.2, 0) is 11.3 Å². The molecule has 1 rings (SSSR count). The Balaban J connectivity index is 2.55. The molecular weight excluding hydrogens is 240 g/mol. The maximum absolute atomic E-state index is 10.9. The van der Waals surface area contributed by atoms with Crippen molar-refractivity contribution < 1.29 is 9.90 Å². The van der Waals surface area contributed by atoms with Gasteiger partial charge in [0, 0.05) is 25.7 Å². The highest BCUT2D eigenvalue weighted by Crippen LogP contribution is 2.12. The molecule has 0 radical (unpaired) electrons. The molecule has 0 spiro atoms. The second kappa shape index (κ2) is 8.67. The molecule has 0 unspecified atom stereocenters. The fourth-order valence-electron chi connectivity index (χ4n) is 1.95. The lowest BCUT2D eigenvalue weighted by Crippen LogP contribution is -2.27. The Hall–Kier alpha value is -1.39. The summed E-state index contributed by atoms with van der Waals surface area (Å²) in [6.07, 6.45) is 2.30. The van der Waals surface area contributed by atoms with E-state index in [9.17, 15) is 4.79 Å². The summed E-state index contributed by atoms with van der Waals surface area (Å²) in [7, 11) is 0. The van der Waals surface area contributed by atoms with Gasteiger partial charge in [-0.3, -0.25) is 9.69 Å². The number of rotatable bonds is 8. The number of anilines is 1. The number of carbonyl (C=O) groups excluding carboxylic acids is 1. The van der Waals surface area contributed by atoms with Crippen LogP contribution < -0.4 is 5.32 Å². The van der Waals surface area contributed by atoms with Crippen molar-refractivity contribution in [3.8, 4) is 0 Å². The molecule has 0 aliphatic rings. The summed E-state index contributed by atoms with van der Waals surface area (Å²) in [4.78, 5) is 13.2. The molecule has 19 heavy (non-hydrogen) atoms. The molecule has 1 aromatic rings. The van der Waals surface area contributed by atoms with Crippen LogP contribution in [0.3, 0.4) is 0 Å². The van der Waals surface area contributed by atoms with Crippen molar-refractivity contribution in [2.24, 2.45) is 0 Å². The Labute approximate surface area is 115 Å². The number of hydrogen-bond acceptors (Lipinski definition) is 3. The number of carbonyl (C=O) groups is 1. The van der Waals surface area contributed by atoms with Gasteiger partial charge in [0.15, 0.2) is 0 Å².